The van der Waals surface area contributed by atoms with Crippen molar-refractivity contribution in [3.8, 4) is 0 Å². The van der Waals surface area contributed by atoms with Crippen molar-refractivity contribution >= 4 is 62.8 Å². The van der Waals surface area contributed by atoms with Gasteiger partial charge in [0.05, 0.1) is 29.8 Å². The second-order valence-electron chi connectivity index (χ2n) is 7.93. The number of hydrogen-bond acceptors (Lipinski definition) is 4. The van der Waals surface area contributed by atoms with Crippen molar-refractivity contribution < 1.29 is 13.6 Å². The number of benzene rings is 2. The van der Waals surface area contributed by atoms with Crippen LogP contribution in [0.15, 0.2) is 70.3 Å². The summed E-state index contributed by atoms with van der Waals surface area (Å²) >= 11 is 13.1. The first-order chi connectivity index (χ1) is 16.5. The predicted octanol–water partition coefficient (Wildman–Crippen LogP) is 7.04. The molecule has 0 aliphatic carbocycles. The number of hydrogen-bond donors (Lipinski definition) is 0. The Bertz CT molecular complexity index is 1420. The van der Waals surface area contributed by atoms with E-state index >= 15 is 0 Å². The van der Waals surface area contributed by atoms with Gasteiger partial charge < -0.3 is 8.98 Å². The van der Waals surface area contributed by atoms with E-state index in [9.17, 15) is 9.18 Å². The minimum atomic E-state index is -0.344. The number of fused-ring (bicyclic) bond motifs is 1. The molecular formula is C26H20ClFN2O2S2. The van der Waals surface area contributed by atoms with Crippen molar-refractivity contribution in [2.75, 3.05) is 0 Å². The Morgan fingerprint density at radius 3 is 2.71 bits per heavy atom. The predicted molar refractivity (Wildman–Crippen MR) is 139 cm³/mol. The molecule has 0 radical (unpaired) electrons. The van der Waals surface area contributed by atoms with Crippen LogP contribution in [0.2, 0.25) is 5.02 Å². The highest BCUT2D eigenvalue weighted by atomic mass is 35.5. The number of para-hydroxylation sites is 1. The molecule has 2 aromatic heterocycles. The summed E-state index contributed by atoms with van der Waals surface area (Å²) in [6.45, 7) is 2.66. The van der Waals surface area contributed by atoms with Gasteiger partial charge in [-0.25, -0.2) is 4.39 Å². The van der Waals surface area contributed by atoms with Gasteiger partial charge in [0.1, 0.15) is 15.9 Å². The van der Waals surface area contributed by atoms with Gasteiger partial charge in [-0.15, -0.1) is 0 Å². The van der Waals surface area contributed by atoms with Gasteiger partial charge in [-0.05, 0) is 42.3 Å². The molecule has 3 heterocycles. The van der Waals surface area contributed by atoms with Gasteiger partial charge in [0.25, 0.3) is 5.91 Å². The lowest BCUT2D eigenvalue weighted by atomic mass is 10.1. The van der Waals surface area contributed by atoms with Gasteiger partial charge in [0.2, 0.25) is 0 Å². The monoisotopic (exact) mass is 510 g/mol. The Morgan fingerprint density at radius 2 is 1.97 bits per heavy atom. The quantitative estimate of drug-likeness (QED) is 0.206. The summed E-state index contributed by atoms with van der Waals surface area (Å²) in [5, 5.41) is 1.37. The van der Waals surface area contributed by atoms with Crippen LogP contribution in [0.1, 0.15) is 29.4 Å². The fraction of sp³-hybridized carbons (Fsp3) is 0.154. The van der Waals surface area contributed by atoms with Crippen molar-refractivity contribution in [2.24, 2.45) is 0 Å². The second-order valence-corrected chi connectivity index (χ2v) is 10.0. The first-order valence-electron chi connectivity index (χ1n) is 10.8. The van der Waals surface area contributed by atoms with Gasteiger partial charge in [-0.2, -0.15) is 0 Å². The molecule has 0 unspecified atom stereocenters. The van der Waals surface area contributed by atoms with Crippen molar-refractivity contribution in [3.05, 3.63) is 99.2 Å². The number of nitrogens with zero attached hydrogens (tertiary/aromatic N) is 2. The normalized spacial score (nSPS) is 15.3. The largest absolute Gasteiger partial charge is 0.467 e. The van der Waals surface area contributed by atoms with Crippen LogP contribution in [-0.4, -0.2) is 19.7 Å². The zero-order valence-corrected chi connectivity index (χ0v) is 20.6. The Hall–Kier alpha value is -2.87. The number of rotatable bonds is 6. The summed E-state index contributed by atoms with van der Waals surface area (Å²) < 4.78 is 22.4. The van der Waals surface area contributed by atoms with E-state index in [0.717, 1.165) is 28.5 Å². The molecule has 1 amide bonds. The molecule has 4 nitrogen and oxygen atoms in total. The first kappa shape index (κ1) is 22.9. The van der Waals surface area contributed by atoms with Crippen LogP contribution in [0.3, 0.4) is 0 Å². The van der Waals surface area contributed by atoms with Gasteiger partial charge in [-0.1, -0.05) is 66.8 Å². The summed E-state index contributed by atoms with van der Waals surface area (Å²) in [4.78, 5) is 15.2. The third kappa shape index (κ3) is 4.19. The summed E-state index contributed by atoms with van der Waals surface area (Å²) in [7, 11) is 0. The standard InChI is InChI=1S/C26H20ClFN2O2S2/c1-2-16-6-3-8-19-17(13-29(24(16)19)15-20-21(27)9-4-10-22(20)28)12-23-25(31)30(26(33)34-23)14-18-7-5-11-32-18/h3-13H,2,14-15H2,1H3/b23-12-. The van der Waals surface area contributed by atoms with E-state index in [-0.39, 0.29) is 18.3 Å². The van der Waals surface area contributed by atoms with E-state index in [4.69, 9.17) is 28.2 Å². The fourth-order valence-corrected chi connectivity index (χ4v) is 5.65. The molecule has 1 fully saturated rings. The Kier molecular flexibility index (Phi) is 6.34. The van der Waals surface area contributed by atoms with Crippen molar-refractivity contribution in [1.29, 1.82) is 0 Å². The fourth-order valence-electron chi connectivity index (χ4n) is 4.18. The van der Waals surface area contributed by atoms with Crippen LogP contribution < -0.4 is 0 Å². The molecule has 0 spiro atoms. The van der Waals surface area contributed by atoms with Gasteiger partial charge in [0.15, 0.2) is 0 Å². The van der Waals surface area contributed by atoms with Crippen LogP contribution in [0, 0.1) is 5.82 Å². The van der Waals surface area contributed by atoms with E-state index in [1.807, 2.05) is 35.0 Å². The van der Waals surface area contributed by atoms with Gasteiger partial charge in [0, 0.05) is 27.7 Å². The molecule has 0 saturated carbocycles. The van der Waals surface area contributed by atoms with E-state index < -0.39 is 0 Å². The lowest BCUT2D eigenvalue weighted by Gasteiger charge is -2.11. The molecule has 4 aromatic rings. The topological polar surface area (TPSA) is 38.4 Å². The smallest absolute Gasteiger partial charge is 0.266 e. The lowest BCUT2D eigenvalue weighted by Crippen LogP contribution is -2.27. The maximum atomic E-state index is 14.6. The highest BCUT2D eigenvalue weighted by Crippen LogP contribution is 2.36. The molecular weight excluding hydrogens is 491 g/mol. The summed E-state index contributed by atoms with van der Waals surface area (Å²) in [6.07, 6.45) is 6.20. The Labute approximate surface area is 211 Å². The number of aryl methyl sites for hydroxylation is 1. The van der Waals surface area contributed by atoms with E-state index in [0.29, 0.717) is 32.1 Å². The van der Waals surface area contributed by atoms with Gasteiger partial charge >= 0.3 is 0 Å². The third-order valence-corrected chi connectivity index (χ3v) is 7.57. The number of furan rings is 1. The molecule has 0 atom stereocenters. The summed E-state index contributed by atoms with van der Waals surface area (Å²) in [5.41, 5.74) is 3.44. The molecule has 1 aliphatic rings. The van der Waals surface area contributed by atoms with Crippen LogP contribution >= 0.6 is 35.6 Å². The number of thiocarbonyl (C=S) groups is 1. The average molecular weight is 511 g/mol. The summed E-state index contributed by atoms with van der Waals surface area (Å²) in [6, 6.07) is 14.4. The van der Waals surface area contributed by atoms with Crippen LogP contribution in [0.5, 0.6) is 0 Å². The van der Waals surface area contributed by atoms with E-state index in [1.54, 1.807) is 29.4 Å². The number of carbonyl (C=O) groups excluding carboxylic acids is 1. The molecule has 1 saturated heterocycles. The summed E-state index contributed by atoms with van der Waals surface area (Å²) in [5.74, 6) is 0.170. The first-order valence-corrected chi connectivity index (χ1v) is 12.4. The molecule has 0 N–H and O–H groups in total. The maximum absolute atomic E-state index is 14.6. The number of halogens is 2. The van der Waals surface area contributed by atoms with E-state index in [1.165, 1.54) is 17.8 Å². The number of thioether (sulfide) groups is 1. The van der Waals surface area contributed by atoms with Gasteiger partial charge in [-0.3, -0.25) is 9.69 Å². The molecule has 34 heavy (non-hydrogen) atoms. The molecule has 2 aromatic carbocycles. The third-order valence-electron chi connectivity index (χ3n) is 5.84. The Balaban J connectivity index is 1.56. The Morgan fingerprint density at radius 1 is 1.15 bits per heavy atom. The van der Waals surface area contributed by atoms with Crippen molar-refractivity contribution in [2.45, 2.75) is 26.4 Å². The molecule has 172 valence electrons. The average Bonchev–Trinajstić information content (AvgIpc) is 3.53. The van der Waals surface area contributed by atoms with Crippen LogP contribution in [0.25, 0.3) is 17.0 Å². The maximum Gasteiger partial charge on any atom is 0.266 e. The molecule has 5 rings (SSSR count). The molecule has 1 aliphatic heterocycles. The highest BCUT2D eigenvalue weighted by molar-refractivity contribution is 8.26. The highest BCUT2D eigenvalue weighted by Gasteiger charge is 2.33. The van der Waals surface area contributed by atoms with Crippen molar-refractivity contribution in [1.82, 2.24) is 9.47 Å². The number of amides is 1. The number of carbonyl (C=O) groups is 1. The molecule has 0 bridgehead atoms. The van der Waals surface area contributed by atoms with Crippen LogP contribution in [-0.2, 0) is 24.3 Å². The number of aromatic nitrogens is 1. The SMILES string of the molecule is CCc1cccc2c(/C=C3\SC(=S)N(Cc4ccco4)C3=O)cn(Cc3c(F)cccc3Cl)c12. The zero-order chi connectivity index (χ0) is 23.8. The van der Waals surface area contributed by atoms with Crippen molar-refractivity contribution in [3.63, 3.8) is 0 Å². The van der Waals surface area contributed by atoms with E-state index in [2.05, 4.69) is 13.0 Å². The van der Waals surface area contributed by atoms with Crippen LogP contribution in [0.4, 0.5) is 4.39 Å². The lowest BCUT2D eigenvalue weighted by molar-refractivity contribution is -0.122. The zero-order valence-electron chi connectivity index (χ0n) is 18.3. The minimum absolute atomic E-state index is 0.156. The second kappa shape index (κ2) is 9.41. The minimum Gasteiger partial charge on any atom is -0.467 e. The molecule has 8 heteroatoms.